The van der Waals surface area contributed by atoms with Gasteiger partial charge in [0.05, 0.1) is 18.6 Å². The van der Waals surface area contributed by atoms with Gasteiger partial charge < -0.3 is 19.2 Å². The van der Waals surface area contributed by atoms with Crippen molar-refractivity contribution < 1.29 is 23.8 Å². The number of amides is 1. The summed E-state index contributed by atoms with van der Waals surface area (Å²) < 4.78 is 11.0. The second-order valence-electron chi connectivity index (χ2n) is 7.10. The van der Waals surface area contributed by atoms with Crippen molar-refractivity contribution in [2.24, 2.45) is 0 Å². The SMILES string of the molecule is Cc1c(CC(=O)N2CCCC2)c(=O)oc2c(C=O)c(O)c3c(c12)CCCO3. The van der Waals surface area contributed by atoms with Gasteiger partial charge in [0.2, 0.25) is 5.91 Å². The summed E-state index contributed by atoms with van der Waals surface area (Å²) in [5.41, 5.74) is 0.949. The van der Waals surface area contributed by atoms with E-state index in [2.05, 4.69) is 0 Å². The highest BCUT2D eigenvalue weighted by Crippen LogP contribution is 2.43. The van der Waals surface area contributed by atoms with Gasteiger partial charge in [-0.2, -0.15) is 0 Å². The number of likely N-dealkylation sites (tertiary alicyclic amines) is 1. The van der Waals surface area contributed by atoms with E-state index >= 15 is 0 Å². The Morgan fingerprint density at radius 2 is 2.00 bits per heavy atom. The maximum atomic E-state index is 12.6. The fourth-order valence-electron chi connectivity index (χ4n) is 4.08. The van der Waals surface area contributed by atoms with E-state index in [9.17, 15) is 19.5 Å². The van der Waals surface area contributed by atoms with Crippen LogP contribution < -0.4 is 10.4 Å². The number of fused-ring (bicyclic) bond motifs is 3. The number of carbonyl (C=O) groups excluding carboxylic acids is 2. The Morgan fingerprint density at radius 3 is 2.70 bits per heavy atom. The number of aldehydes is 1. The van der Waals surface area contributed by atoms with Crippen molar-refractivity contribution >= 4 is 23.2 Å². The molecule has 0 saturated carbocycles. The molecule has 3 heterocycles. The lowest BCUT2D eigenvalue weighted by Crippen LogP contribution is -2.31. The summed E-state index contributed by atoms with van der Waals surface area (Å²) in [6, 6.07) is 0. The van der Waals surface area contributed by atoms with Gasteiger partial charge in [-0.15, -0.1) is 0 Å². The molecule has 27 heavy (non-hydrogen) atoms. The van der Waals surface area contributed by atoms with E-state index in [0.717, 1.165) is 24.8 Å². The molecule has 0 aliphatic carbocycles. The normalized spacial score (nSPS) is 16.3. The van der Waals surface area contributed by atoms with E-state index in [4.69, 9.17) is 9.15 Å². The van der Waals surface area contributed by atoms with Gasteiger partial charge in [0.1, 0.15) is 5.56 Å². The highest BCUT2D eigenvalue weighted by atomic mass is 16.5. The van der Waals surface area contributed by atoms with Crippen LogP contribution in [0.5, 0.6) is 11.5 Å². The van der Waals surface area contributed by atoms with Crippen LogP contribution >= 0.6 is 0 Å². The smallest absolute Gasteiger partial charge is 0.340 e. The maximum absolute atomic E-state index is 12.6. The minimum atomic E-state index is -0.647. The third-order valence-corrected chi connectivity index (χ3v) is 5.51. The summed E-state index contributed by atoms with van der Waals surface area (Å²) in [5.74, 6) is -0.123. The molecule has 0 atom stereocenters. The second kappa shape index (κ2) is 6.72. The molecule has 7 heteroatoms. The lowest BCUT2D eigenvalue weighted by Gasteiger charge is -2.23. The molecule has 1 N–H and O–H groups in total. The summed E-state index contributed by atoms with van der Waals surface area (Å²) >= 11 is 0. The number of phenolic OH excluding ortho intramolecular Hbond substituents is 1. The molecule has 2 aliphatic heterocycles. The molecule has 2 aliphatic rings. The molecule has 142 valence electrons. The monoisotopic (exact) mass is 371 g/mol. The van der Waals surface area contributed by atoms with E-state index in [1.807, 2.05) is 0 Å². The second-order valence-corrected chi connectivity index (χ2v) is 7.10. The van der Waals surface area contributed by atoms with Gasteiger partial charge in [-0.05, 0) is 38.2 Å². The highest BCUT2D eigenvalue weighted by molar-refractivity contribution is 6.02. The van der Waals surface area contributed by atoms with Crippen molar-refractivity contribution in [3.63, 3.8) is 0 Å². The van der Waals surface area contributed by atoms with Crippen molar-refractivity contribution in [2.45, 2.75) is 39.0 Å². The minimum Gasteiger partial charge on any atom is -0.504 e. The summed E-state index contributed by atoms with van der Waals surface area (Å²) in [4.78, 5) is 38.4. The average molecular weight is 371 g/mol. The first kappa shape index (κ1) is 17.6. The van der Waals surface area contributed by atoms with Gasteiger partial charge >= 0.3 is 5.63 Å². The number of aromatic hydroxyl groups is 1. The first-order valence-corrected chi connectivity index (χ1v) is 9.22. The predicted molar refractivity (Wildman–Crippen MR) is 97.6 cm³/mol. The summed E-state index contributed by atoms with van der Waals surface area (Å²) in [7, 11) is 0. The quantitative estimate of drug-likeness (QED) is 0.656. The van der Waals surface area contributed by atoms with Crippen LogP contribution in [0.25, 0.3) is 11.0 Å². The number of aryl methyl sites for hydroxylation is 2. The fourth-order valence-corrected chi connectivity index (χ4v) is 4.08. The zero-order valence-electron chi connectivity index (χ0n) is 15.2. The zero-order chi connectivity index (χ0) is 19.1. The predicted octanol–water partition coefficient (Wildman–Crippen LogP) is 2.11. The molecular formula is C20H21NO6. The van der Waals surface area contributed by atoms with Crippen LogP contribution in [0, 0.1) is 6.92 Å². The Balaban J connectivity index is 1.92. The van der Waals surface area contributed by atoms with Crippen molar-refractivity contribution in [3.8, 4) is 11.5 Å². The third kappa shape index (κ3) is 2.78. The molecule has 1 amide bonds. The Morgan fingerprint density at radius 1 is 1.26 bits per heavy atom. The number of hydrogen-bond donors (Lipinski definition) is 1. The van der Waals surface area contributed by atoms with Gasteiger partial charge in [0, 0.05) is 24.0 Å². The van der Waals surface area contributed by atoms with Gasteiger partial charge in [0.15, 0.2) is 23.4 Å². The van der Waals surface area contributed by atoms with Crippen molar-refractivity contribution in [2.75, 3.05) is 19.7 Å². The van der Waals surface area contributed by atoms with Crippen molar-refractivity contribution in [3.05, 3.63) is 32.7 Å². The van der Waals surface area contributed by atoms with Gasteiger partial charge in [0.25, 0.3) is 0 Å². The molecule has 7 nitrogen and oxygen atoms in total. The number of ether oxygens (including phenoxy) is 1. The van der Waals surface area contributed by atoms with Crippen LogP contribution in [0.2, 0.25) is 0 Å². The summed E-state index contributed by atoms with van der Waals surface area (Å²) in [6.45, 7) is 3.62. The number of phenols is 1. The molecule has 4 rings (SSSR count). The number of benzene rings is 1. The molecular weight excluding hydrogens is 350 g/mol. The lowest BCUT2D eigenvalue weighted by atomic mass is 9.92. The molecule has 1 saturated heterocycles. The molecule has 1 fully saturated rings. The van der Waals surface area contributed by atoms with E-state index in [0.29, 0.717) is 48.9 Å². The molecule has 2 aromatic rings. The Labute approximate surface area is 155 Å². The number of carbonyl (C=O) groups is 2. The van der Waals surface area contributed by atoms with Crippen LogP contribution in [0.1, 0.15) is 46.3 Å². The van der Waals surface area contributed by atoms with Crippen molar-refractivity contribution in [1.82, 2.24) is 4.90 Å². The van der Waals surface area contributed by atoms with Gasteiger partial charge in [-0.1, -0.05) is 0 Å². The number of hydrogen-bond acceptors (Lipinski definition) is 6. The number of rotatable bonds is 3. The maximum Gasteiger partial charge on any atom is 0.340 e. The topological polar surface area (TPSA) is 97.1 Å². The zero-order valence-corrected chi connectivity index (χ0v) is 15.2. The van der Waals surface area contributed by atoms with Crippen LogP contribution in [0.4, 0.5) is 0 Å². The molecule has 0 radical (unpaired) electrons. The van der Waals surface area contributed by atoms with E-state index in [-0.39, 0.29) is 35.0 Å². The van der Waals surface area contributed by atoms with E-state index in [1.165, 1.54) is 0 Å². The Kier molecular flexibility index (Phi) is 4.37. The van der Waals surface area contributed by atoms with E-state index < -0.39 is 5.63 Å². The van der Waals surface area contributed by atoms with E-state index in [1.54, 1.807) is 11.8 Å². The lowest BCUT2D eigenvalue weighted by molar-refractivity contribution is -0.129. The minimum absolute atomic E-state index is 0.0307. The molecule has 1 aromatic heterocycles. The molecule has 0 unspecified atom stereocenters. The van der Waals surface area contributed by atoms with Gasteiger partial charge in [-0.25, -0.2) is 4.79 Å². The van der Waals surface area contributed by atoms with Crippen LogP contribution in [0.3, 0.4) is 0 Å². The third-order valence-electron chi connectivity index (χ3n) is 5.51. The number of nitrogens with zero attached hydrogens (tertiary/aromatic N) is 1. The summed E-state index contributed by atoms with van der Waals surface area (Å²) in [6.07, 6.45) is 3.77. The van der Waals surface area contributed by atoms with Crippen LogP contribution in [0.15, 0.2) is 9.21 Å². The molecule has 0 spiro atoms. The first-order valence-electron chi connectivity index (χ1n) is 9.22. The molecule has 1 aromatic carbocycles. The Bertz CT molecular complexity index is 1000. The largest absolute Gasteiger partial charge is 0.504 e. The Hall–Kier alpha value is -2.83. The standard InChI is InChI=1S/C20H21NO6/c1-11-13(9-15(23)21-6-2-3-7-21)20(25)27-18-14(10-22)17(24)19-12(16(11)18)5-4-8-26-19/h10,24H,2-9H2,1H3. The van der Waals surface area contributed by atoms with Crippen LogP contribution in [-0.4, -0.2) is 41.9 Å². The fraction of sp³-hybridized carbons (Fsp3) is 0.450. The van der Waals surface area contributed by atoms with Crippen molar-refractivity contribution in [1.29, 1.82) is 0 Å². The summed E-state index contributed by atoms with van der Waals surface area (Å²) in [5, 5.41) is 11.0. The van der Waals surface area contributed by atoms with Crippen LogP contribution in [-0.2, 0) is 17.6 Å². The highest BCUT2D eigenvalue weighted by Gasteiger charge is 2.28. The molecule has 0 bridgehead atoms. The average Bonchev–Trinajstić information content (AvgIpc) is 3.20. The first-order chi connectivity index (χ1) is 13.0. The van der Waals surface area contributed by atoms with Gasteiger partial charge in [-0.3, -0.25) is 9.59 Å².